The lowest BCUT2D eigenvalue weighted by Crippen LogP contribution is -2.11. The molecule has 0 aliphatic rings. The van der Waals surface area contributed by atoms with E-state index in [1.54, 1.807) is 0 Å². The normalized spacial score (nSPS) is 16.8. The van der Waals surface area contributed by atoms with E-state index in [0.29, 0.717) is 12.8 Å². The minimum absolute atomic E-state index is 0.287. The van der Waals surface area contributed by atoms with Crippen molar-refractivity contribution in [1.82, 2.24) is 0 Å². The van der Waals surface area contributed by atoms with Crippen molar-refractivity contribution >= 4 is 0 Å². The van der Waals surface area contributed by atoms with Crippen molar-refractivity contribution in [3.05, 3.63) is 0 Å². The van der Waals surface area contributed by atoms with Gasteiger partial charge in [-0.3, -0.25) is 0 Å². The van der Waals surface area contributed by atoms with Gasteiger partial charge in [0, 0.05) is 6.42 Å². The Hall–Kier alpha value is -0.210. The Balaban J connectivity index is 3.27. The van der Waals surface area contributed by atoms with Crippen LogP contribution in [0, 0.1) is 0 Å². The van der Waals surface area contributed by atoms with Gasteiger partial charge in [-0.25, -0.2) is 13.2 Å². The summed E-state index contributed by atoms with van der Waals surface area (Å²) in [5, 5.41) is 0. The molecule has 0 fully saturated rings. The van der Waals surface area contributed by atoms with Crippen LogP contribution in [0.1, 0.15) is 26.2 Å². The molecular formula is C7H13F3. The monoisotopic (exact) mass is 154 g/mol. The summed E-state index contributed by atoms with van der Waals surface area (Å²) in [5.74, 6) is 0. The standard InChI is InChI=1S/C7H13F3/c1-2-3-6(9)4-7(10)5-8/h6-7H,2-5H2,1H3/t6?,7-/m0/s1. The van der Waals surface area contributed by atoms with Gasteiger partial charge in [-0.15, -0.1) is 0 Å². The van der Waals surface area contributed by atoms with Crippen LogP contribution in [-0.4, -0.2) is 19.0 Å². The van der Waals surface area contributed by atoms with Crippen molar-refractivity contribution in [2.24, 2.45) is 0 Å². The molecule has 0 spiro atoms. The first-order valence-corrected chi connectivity index (χ1v) is 3.54. The maximum absolute atomic E-state index is 12.4. The van der Waals surface area contributed by atoms with Crippen molar-refractivity contribution in [2.45, 2.75) is 38.5 Å². The molecule has 0 aromatic carbocycles. The molecule has 10 heavy (non-hydrogen) atoms. The molecule has 0 heterocycles. The van der Waals surface area contributed by atoms with Crippen LogP contribution in [-0.2, 0) is 0 Å². The second-order valence-electron chi connectivity index (χ2n) is 2.37. The lowest BCUT2D eigenvalue weighted by Gasteiger charge is -2.07. The molecule has 1 unspecified atom stereocenters. The third-order valence-corrected chi connectivity index (χ3v) is 1.28. The average molecular weight is 154 g/mol. The molecule has 0 aliphatic carbocycles. The van der Waals surface area contributed by atoms with E-state index in [1.807, 2.05) is 6.92 Å². The first kappa shape index (κ1) is 9.79. The Labute approximate surface area is 59.4 Å². The molecule has 0 radical (unpaired) electrons. The number of halogens is 3. The number of hydrogen-bond acceptors (Lipinski definition) is 0. The van der Waals surface area contributed by atoms with E-state index in [9.17, 15) is 13.2 Å². The highest BCUT2D eigenvalue weighted by atomic mass is 19.2. The Morgan fingerprint density at radius 2 is 1.80 bits per heavy atom. The molecule has 0 nitrogen and oxygen atoms in total. The van der Waals surface area contributed by atoms with E-state index in [-0.39, 0.29) is 6.42 Å². The van der Waals surface area contributed by atoms with Crippen LogP contribution in [0.3, 0.4) is 0 Å². The summed E-state index contributed by atoms with van der Waals surface area (Å²) in [6.07, 6.45) is -2.05. The molecule has 0 rings (SSSR count). The summed E-state index contributed by atoms with van der Waals surface area (Å²) in [6, 6.07) is 0. The van der Waals surface area contributed by atoms with Gasteiger partial charge in [-0.1, -0.05) is 13.3 Å². The summed E-state index contributed by atoms with van der Waals surface area (Å²) in [6.45, 7) is 0.749. The molecule has 3 heteroatoms. The number of hydrogen-bond donors (Lipinski definition) is 0. The van der Waals surface area contributed by atoms with Crippen LogP contribution in [0.5, 0.6) is 0 Å². The van der Waals surface area contributed by atoms with Gasteiger partial charge in [-0.05, 0) is 6.42 Å². The zero-order valence-corrected chi connectivity index (χ0v) is 6.12. The fourth-order valence-corrected chi connectivity index (χ4v) is 0.772. The Kier molecular flexibility index (Phi) is 5.45. The van der Waals surface area contributed by atoms with Crippen LogP contribution < -0.4 is 0 Å². The quantitative estimate of drug-likeness (QED) is 0.571. The summed E-state index contributed by atoms with van der Waals surface area (Å²) in [7, 11) is 0. The first-order valence-electron chi connectivity index (χ1n) is 3.54. The average Bonchev–Trinajstić information content (AvgIpc) is 1.88. The zero-order valence-electron chi connectivity index (χ0n) is 6.12. The molecule has 0 amide bonds. The second kappa shape index (κ2) is 5.57. The fourth-order valence-electron chi connectivity index (χ4n) is 0.772. The molecule has 0 saturated heterocycles. The zero-order chi connectivity index (χ0) is 7.98. The van der Waals surface area contributed by atoms with Crippen LogP contribution in [0.25, 0.3) is 0 Å². The molecular weight excluding hydrogens is 141 g/mol. The van der Waals surface area contributed by atoms with Crippen molar-refractivity contribution < 1.29 is 13.2 Å². The van der Waals surface area contributed by atoms with Gasteiger partial charge in [0.1, 0.15) is 19.0 Å². The van der Waals surface area contributed by atoms with E-state index in [1.165, 1.54) is 0 Å². The summed E-state index contributed by atoms with van der Waals surface area (Å²) in [4.78, 5) is 0. The molecule has 0 N–H and O–H groups in total. The predicted molar refractivity (Wildman–Crippen MR) is 35.3 cm³/mol. The predicted octanol–water partition coefficient (Wildman–Crippen LogP) is 2.82. The largest absolute Gasteiger partial charge is 0.248 e. The smallest absolute Gasteiger partial charge is 0.131 e. The Morgan fingerprint density at radius 3 is 2.20 bits per heavy atom. The second-order valence-corrected chi connectivity index (χ2v) is 2.37. The van der Waals surface area contributed by atoms with Gasteiger partial charge in [0.05, 0.1) is 0 Å². The maximum atomic E-state index is 12.4. The minimum atomic E-state index is -1.61. The number of alkyl halides is 3. The van der Waals surface area contributed by atoms with Gasteiger partial charge in [0.2, 0.25) is 0 Å². The van der Waals surface area contributed by atoms with Gasteiger partial charge < -0.3 is 0 Å². The maximum Gasteiger partial charge on any atom is 0.131 e. The summed E-state index contributed by atoms with van der Waals surface area (Å²) >= 11 is 0. The molecule has 0 aromatic heterocycles. The molecule has 0 aromatic rings. The highest BCUT2D eigenvalue weighted by Crippen LogP contribution is 2.11. The Bertz CT molecular complexity index is 75.3. The van der Waals surface area contributed by atoms with E-state index in [4.69, 9.17) is 0 Å². The van der Waals surface area contributed by atoms with Gasteiger partial charge in [0.15, 0.2) is 0 Å². The number of rotatable bonds is 5. The topological polar surface area (TPSA) is 0 Å². The fraction of sp³-hybridized carbons (Fsp3) is 1.00. The Morgan fingerprint density at radius 1 is 1.20 bits per heavy atom. The lowest BCUT2D eigenvalue weighted by molar-refractivity contribution is 0.180. The molecule has 2 atom stereocenters. The summed E-state index contributed by atoms with van der Waals surface area (Å²) < 4.78 is 36.0. The van der Waals surface area contributed by atoms with E-state index >= 15 is 0 Å². The highest BCUT2D eigenvalue weighted by molar-refractivity contribution is 4.62. The lowest BCUT2D eigenvalue weighted by atomic mass is 10.1. The highest BCUT2D eigenvalue weighted by Gasteiger charge is 2.13. The third-order valence-electron chi connectivity index (χ3n) is 1.28. The van der Waals surface area contributed by atoms with Crippen LogP contribution in [0.4, 0.5) is 13.2 Å². The minimum Gasteiger partial charge on any atom is -0.248 e. The SMILES string of the molecule is CCCC(F)C[C@H](F)CF. The van der Waals surface area contributed by atoms with Crippen LogP contribution >= 0.6 is 0 Å². The van der Waals surface area contributed by atoms with E-state index in [2.05, 4.69) is 0 Å². The van der Waals surface area contributed by atoms with Crippen molar-refractivity contribution in [3.63, 3.8) is 0 Å². The molecule has 0 saturated carbocycles. The molecule has 62 valence electrons. The van der Waals surface area contributed by atoms with Crippen molar-refractivity contribution in [2.75, 3.05) is 6.67 Å². The van der Waals surface area contributed by atoms with E-state index < -0.39 is 19.0 Å². The van der Waals surface area contributed by atoms with E-state index in [0.717, 1.165) is 0 Å². The van der Waals surface area contributed by atoms with Gasteiger partial charge in [0.25, 0.3) is 0 Å². The molecule has 0 aliphatic heterocycles. The third kappa shape index (κ3) is 4.65. The van der Waals surface area contributed by atoms with Crippen LogP contribution in [0.2, 0.25) is 0 Å². The van der Waals surface area contributed by atoms with Crippen LogP contribution in [0.15, 0.2) is 0 Å². The first-order chi connectivity index (χ1) is 4.70. The van der Waals surface area contributed by atoms with Crippen molar-refractivity contribution in [1.29, 1.82) is 0 Å². The molecule has 0 bridgehead atoms. The summed E-state index contributed by atoms with van der Waals surface area (Å²) in [5.41, 5.74) is 0. The van der Waals surface area contributed by atoms with Gasteiger partial charge in [-0.2, -0.15) is 0 Å². The van der Waals surface area contributed by atoms with Crippen molar-refractivity contribution in [3.8, 4) is 0 Å². The van der Waals surface area contributed by atoms with Gasteiger partial charge >= 0.3 is 0 Å².